The number of methoxy groups -OCH3 is 1. The Morgan fingerprint density at radius 2 is 2.05 bits per heavy atom. The third kappa shape index (κ3) is 5.62. The van der Waals surface area contributed by atoms with Crippen LogP contribution in [0.1, 0.15) is 32.6 Å². The number of hydrogen-bond donors (Lipinski definition) is 0. The van der Waals surface area contributed by atoms with Crippen molar-refractivity contribution in [3.05, 3.63) is 0 Å². The van der Waals surface area contributed by atoms with Gasteiger partial charge in [-0.3, -0.25) is 9.59 Å². The number of carbonyl (C=O) groups excluding carboxylic acids is 2. The number of piperidine rings is 1. The first-order chi connectivity index (χ1) is 9.90. The van der Waals surface area contributed by atoms with Crippen LogP contribution in [-0.4, -0.2) is 57.2 Å². The Bertz CT molecular complexity index is 461. The van der Waals surface area contributed by atoms with Gasteiger partial charge in [-0.15, -0.1) is 0 Å². The summed E-state index contributed by atoms with van der Waals surface area (Å²) in [6.45, 7) is 2.60. The Morgan fingerprint density at radius 1 is 1.33 bits per heavy atom. The van der Waals surface area contributed by atoms with Crippen LogP contribution in [0.5, 0.6) is 0 Å². The summed E-state index contributed by atoms with van der Waals surface area (Å²) in [5, 5.41) is 0. The topological polar surface area (TPSA) is 90.0 Å². The van der Waals surface area contributed by atoms with E-state index < -0.39 is 21.9 Å². The highest BCUT2D eigenvalue weighted by Crippen LogP contribution is 2.21. The summed E-state index contributed by atoms with van der Waals surface area (Å²) >= 11 is 0. The van der Waals surface area contributed by atoms with Crippen molar-refractivity contribution in [3.63, 3.8) is 0 Å². The lowest BCUT2D eigenvalue weighted by Crippen LogP contribution is -2.43. The molecule has 0 aromatic rings. The number of carbonyl (C=O) groups is 2. The second-order valence-corrected chi connectivity index (χ2v) is 7.03. The van der Waals surface area contributed by atoms with Crippen molar-refractivity contribution >= 4 is 22.0 Å². The lowest BCUT2D eigenvalue weighted by Gasteiger charge is -2.30. The van der Waals surface area contributed by atoms with Gasteiger partial charge >= 0.3 is 11.9 Å². The van der Waals surface area contributed by atoms with Gasteiger partial charge in [0.2, 0.25) is 10.0 Å². The van der Waals surface area contributed by atoms with E-state index in [4.69, 9.17) is 4.74 Å². The number of hydrogen-bond acceptors (Lipinski definition) is 6. The van der Waals surface area contributed by atoms with E-state index in [0.29, 0.717) is 26.0 Å². The van der Waals surface area contributed by atoms with E-state index in [1.807, 2.05) is 0 Å². The average Bonchev–Trinajstić information content (AvgIpc) is 2.47. The third-order valence-corrected chi connectivity index (χ3v) is 5.33. The molecule has 0 aliphatic carbocycles. The van der Waals surface area contributed by atoms with Crippen molar-refractivity contribution in [1.82, 2.24) is 4.31 Å². The van der Waals surface area contributed by atoms with Gasteiger partial charge in [0.25, 0.3) is 0 Å². The molecule has 1 aliphatic heterocycles. The van der Waals surface area contributed by atoms with Crippen molar-refractivity contribution in [1.29, 1.82) is 0 Å². The summed E-state index contributed by atoms with van der Waals surface area (Å²) in [4.78, 5) is 22.7. The molecule has 1 saturated heterocycles. The first-order valence-electron chi connectivity index (χ1n) is 7.12. The fraction of sp³-hybridized carbons (Fsp3) is 0.846. The van der Waals surface area contributed by atoms with E-state index in [-0.39, 0.29) is 31.1 Å². The monoisotopic (exact) mass is 321 g/mol. The van der Waals surface area contributed by atoms with Crippen molar-refractivity contribution in [2.45, 2.75) is 32.6 Å². The summed E-state index contributed by atoms with van der Waals surface area (Å²) in [6.07, 6.45) is 1.58. The summed E-state index contributed by atoms with van der Waals surface area (Å²) in [5.74, 6) is -1.27. The summed E-state index contributed by atoms with van der Waals surface area (Å²) in [5.41, 5.74) is 0. The molecule has 122 valence electrons. The molecule has 1 aliphatic rings. The smallest absolute Gasteiger partial charge is 0.310 e. The molecule has 0 amide bonds. The summed E-state index contributed by atoms with van der Waals surface area (Å²) in [7, 11) is -2.18. The molecule has 1 rings (SSSR count). The molecule has 0 bridgehead atoms. The predicted molar refractivity (Wildman–Crippen MR) is 76.0 cm³/mol. The molecule has 1 fully saturated rings. The minimum absolute atomic E-state index is 0.0743. The summed E-state index contributed by atoms with van der Waals surface area (Å²) in [6, 6.07) is 0. The fourth-order valence-corrected chi connectivity index (χ4v) is 3.86. The maximum atomic E-state index is 12.2. The second kappa shape index (κ2) is 8.33. The minimum Gasteiger partial charge on any atom is -0.469 e. The highest BCUT2D eigenvalue weighted by atomic mass is 32.2. The third-order valence-electron chi connectivity index (χ3n) is 3.41. The van der Waals surface area contributed by atoms with Crippen LogP contribution in [0.25, 0.3) is 0 Å². The molecule has 0 saturated carbocycles. The number of sulfonamides is 1. The van der Waals surface area contributed by atoms with Crippen molar-refractivity contribution < 1.29 is 27.5 Å². The van der Waals surface area contributed by atoms with E-state index in [9.17, 15) is 18.0 Å². The van der Waals surface area contributed by atoms with E-state index >= 15 is 0 Å². The van der Waals surface area contributed by atoms with Crippen LogP contribution in [0.2, 0.25) is 0 Å². The Hall–Kier alpha value is -1.15. The Balaban J connectivity index is 2.53. The molecule has 0 spiro atoms. The molecule has 0 aromatic carbocycles. The zero-order chi connectivity index (χ0) is 15.9. The molecular formula is C13H23NO6S. The van der Waals surface area contributed by atoms with Crippen LogP contribution in [0.3, 0.4) is 0 Å². The lowest BCUT2D eigenvalue weighted by atomic mass is 10.0. The molecule has 1 heterocycles. The molecule has 0 aromatic heterocycles. The van der Waals surface area contributed by atoms with Crippen molar-refractivity contribution in [2.24, 2.45) is 5.92 Å². The molecule has 7 nitrogen and oxygen atoms in total. The minimum atomic E-state index is -3.45. The first-order valence-corrected chi connectivity index (χ1v) is 8.73. The van der Waals surface area contributed by atoms with Crippen LogP contribution in [-0.2, 0) is 29.1 Å². The van der Waals surface area contributed by atoms with E-state index in [0.717, 1.165) is 0 Å². The lowest BCUT2D eigenvalue weighted by molar-refractivity contribution is -0.149. The van der Waals surface area contributed by atoms with Gasteiger partial charge in [0.15, 0.2) is 0 Å². The fourth-order valence-electron chi connectivity index (χ4n) is 2.28. The highest BCUT2D eigenvalue weighted by Gasteiger charge is 2.32. The van der Waals surface area contributed by atoms with Gasteiger partial charge in [0, 0.05) is 19.5 Å². The standard InChI is InChI=1S/C13H23NO6S/c1-3-20-13(16)11-6-4-8-14(10-11)21(17,18)9-5-7-12(15)19-2/h11H,3-10H2,1-2H3. The van der Waals surface area contributed by atoms with E-state index in [1.54, 1.807) is 6.92 Å². The van der Waals surface area contributed by atoms with Gasteiger partial charge in [-0.2, -0.15) is 0 Å². The van der Waals surface area contributed by atoms with Crippen molar-refractivity contribution in [3.8, 4) is 0 Å². The maximum absolute atomic E-state index is 12.2. The van der Waals surface area contributed by atoms with Gasteiger partial charge in [0.05, 0.1) is 25.4 Å². The number of esters is 2. The van der Waals surface area contributed by atoms with Crippen LogP contribution in [0.4, 0.5) is 0 Å². The predicted octanol–water partition coefficient (Wildman–Crippen LogP) is 0.544. The largest absolute Gasteiger partial charge is 0.469 e. The Labute approximate surface area is 125 Å². The molecule has 8 heteroatoms. The van der Waals surface area contributed by atoms with Gasteiger partial charge in [-0.05, 0) is 26.2 Å². The van der Waals surface area contributed by atoms with Gasteiger partial charge in [-0.25, -0.2) is 12.7 Å². The number of ether oxygens (including phenoxy) is 2. The first kappa shape index (κ1) is 17.9. The van der Waals surface area contributed by atoms with Crippen LogP contribution < -0.4 is 0 Å². The second-order valence-electron chi connectivity index (χ2n) is 4.94. The van der Waals surface area contributed by atoms with E-state index in [2.05, 4.69) is 4.74 Å². The van der Waals surface area contributed by atoms with Gasteiger partial charge in [0.1, 0.15) is 0 Å². The highest BCUT2D eigenvalue weighted by molar-refractivity contribution is 7.89. The van der Waals surface area contributed by atoms with Gasteiger partial charge < -0.3 is 9.47 Å². The number of rotatable bonds is 7. The Morgan fingerprint density at radius 3 is 2.67 bits per heavy atom. The van der Waals surface area contributed by atoms with Crippen LogP contribution in [0, 0.1) is 5.92 Å². The number of nitrogens with zero attached hydrogens (tertiary/aromatic N) is 1. The average molecular weight is 321 g/mol. The van der Waals surface area contributed by atoms with E-state index in [1.165, 1.54) is 11.4 Å². The van der Waals surface area contributed by atoms with Crippen molar-refractivity contribution in [2.75, 3.05) is 32.6 Å². The summed E-state index contributed by atoms with van der Waals surface area (Å²) < 4.78 is 35.2. The molecule has 0 radical (unpaired) electrons. The molecular weight excluding hydrogens is 298 g/mol. The maximum Gasteiger partial charge on any atom is 0.310 e. The quantitative estimate of drug-likeness (QED) is 0.636. The molecule has 1 atom stereocenters. The molecule has 0 N–H and O–H groups in total. The molecule has 1 unspecified atom stereocenters. The van der Waals surface area contributed by atoms with Gasteiger partial charge in [-0.1, -0.05) is 0 Å². The molecule has 21 heavy (non-hydrogen) atoms. The van der Waals surface area contributed by atoms with Crippen LogP contribution in [0.15, 0.2) is 0 Å². The zero-order valence-electron chi connectivity index (χ0n) is 12.5. The van der Waals surface area contributed by atoms with Crippen LogP contribution >= 0.6 is 0 Å². The Kier molecular flexibility index (Phi) is 7.10. The zero-order valence-corrected chi connectivity index (χ0v) is 13.4. The normalized spacial score (nSPS) is 20.0. The SMILES string of the molecule is CCOC(=O)C1CCCN(S(=O)(=O)CCCC(=O)OC)C1.